The van der Waals surface area contributed by atoms with E-state index in [-0.39, 0.29) is 18.0 Å². The first-order valence-electron chi connectivity index (χ1n) is 9.22. The molecule has 1 saturated carbocycles. The monoisotopic (exact) mass is 346 g/mol. The lowest BCUT2D eigenvalue weighted by Gasteiger charge is -2.20. The fourth-order valence-corrected chi connectivity index (χ4v) is 3.42. The molecule has 138 valence electrons. The molecule has 25 heavy (non-hydrogen) atoms. The maximum atomic E-state index is 11.0. The Morgan fingerprint density at radius 2 is 2.04 bits per heavy atom. The predicted octanol–water partition coefficient (Wildman–Crippen LogP) is 3.88. The van der Waals surface area contributed by atoms with Gasteiger partial charge >= 0.3 is 5.97 Å². The Hall–Kier alpha value is -1.65. The fraction of sp³-hybridized carbons (Fsp3) is 0.571. The third-order valence-corrected chi connectivity index (χ3v) is 4.93. The molecule has 0 amide bonds. The molecule has 0 radical (unpaired) electrons. The van der Waals surface area contributed by atoms with Crippen molar-refractivity contribution in [2.45, 2.75) is 51.2 Å². The zero-order valence-corrected chi connectivity index (χ0v) is 15.1. The van der Waals surface area contributed by atoms with Crippen molar-refractivity contribution < 1.29 is 19.4 Å². The van der Waals surface area contributed by atoms with E-state index in [1.165, 1.54) is 12.7 Å². The molecule has 1 aliphatic carbocycles. The van der Waals surface area contributed by atoms with Crippen molar-refractivity contribution in [1.29, 1.82) is 0 Å². The lowest BCUT2D eigenvalue weighted by atomic mass is 9.92. The summed E-state index contributed by atoms with van der Waals surface area (Å²) in [5, 5.41) is 10.2. The van der Waals surface area contributed by atoms with Crippen LogP contribution in [0.3, 0.4) is 0 Å². The van der Waals surface area contributed by atoms with Crippen LogP contribution in [0.4, 0.5) is 0 Å². The zero-order valence-electron chi connectivity index (χ0n) is 15.1. The molecule has 3 unspecified atom stereocenters. The van der Waals surface area contributed by atoms with Gasteiger partial charge in [-0.25, -0.2) is 0 Å². The summed E-state index contributed by atoms with van der Waals surface area (Å²) in [6, 6.07) is 10.2. The van der Waals surface area contributed by atoms with Crippen molar-refractivity contribution in [3.8, 4) is 0 Å². The highest BCUT2D eigenvalue weighted by Gasteiger charge is 2.33. The predicted molar refractivity (Wildman–Crippen MR) is 97.9 cm³/mol. The molecule has 0 spiro atoms. The van der Waals surface area contributed by atoms with Crippen molar-refractivity contribution in [2.24, 2.45) is 11.8 Å². The van der Waals surface area contributed by atoms with Gasteiger partial charge in [0.1, 0.15) is 0 Å². The fourth-order valence-electron chi connectivity index (χ4n) is 3.42. The minimum absolute atomic E-state index is 0.157. The van der Waals surface area contributed by atoms with E-state index in [0.29, 0.717) is 25.6 Å². The summed E-state index contributed by atoms with van der Waals surface area (Å²) in [5.74, 6) is 0.529. The second-order valence-corrected chi connectivity index (χ2v) is 6.74. The second-order valence-electron chi connectivity index (χ2n) is 6.74. The van der Waals surface area contributed by atoms with Gasteiger partial charge in [-0.05, 0) is 49.5 Å². The number of carbonyl (C=O) groups excluding carboxylic acids is 1. The highest BCUT2D eigenvalue weighted by molar-refractivity contribution is 5.69. The van der Waals surface area contributed by atoms with Crippen LogP contribution in [0.15, 0.2) is 42.5 Å². The van der Waals surface area contributed by atoms with Gasteiger partial charge in [0, 0.05) is 6.42 Å². The number of esters is 1. The van der Waals surface area contributed by atoms with Crippen molar-refractivity contribution in [2.75, 3.05) is 13.7 Å². The number of aliphatic hydroxyl groups excluding tert-OH is 1. The average Bonchev–Trinajstić information content (AvgIpc) is 2.98. The number of benzene rings is 1. The molecule has 4 nitrogen and oxygen atoms in total. The summed E-state index contributed by atoms with van der Waals surface area (Å²) in [4.78, 5) is 11.0. The Kier molecular flexibility index (Phi) is 8.70. The van der Waals surface area contributed by atoms with Crippen LogP contribution in [0.1, 0.15) is 44.1 Å². The maximum absolute atomic E-state index is 11.0. The molecule has 1 N–H and O–H groups in total. The maximum Gasteiger partial charge on any atom is 0.305 e. The lowest BCUT2D eigenvalue weighted by molar-refractivity contribution is -0.140. The first-order chi connectivity index (χ1) is 12.2. The molecule has 1 fully saturated rings. The first-order valence-corrected chi connectivity index (χ1v) is 9.22. The molecule has 1 aromatic carbocycles. The molecular weight excluding hydrogens is 316 g/mol. The van der Waals surface area contributed by atoms with E-state index < -0.39 is 0 Å². The molecule has 4 heteroatoms. The van der Waals surface area contributed by atoms with Crippen LogP contribution in [0.25, 0.3) is 0 Å². The molecule has 2 rings (SSSR count). The SMILES string of the molecule is COC(=O)CCCC=CCC1C(O)CCC1COCc1ccccc1. The van der Waals surface area contributed by atoms with Crippen LogP contribution in [0.5, 0.6) is 0 Å². The highest BCUT2D eigenvalue weighted by Crippen LogP contribution is 2.35. The second kappa shape index (κ2) is 11.1. The van der Waals surface area contributed by atoms with Crippen molar-refractivity contribution >= 4 is 5.97 Å². The summed E-state index contributed by atoms with van der Waals surface area (Å²) < 4.78 is 10.5. The molecule has 0 aliphatic heterocycles. The highest BCUT2D eigenvalue weighted by atomic mass is 16.5. The largest absolute Gasteiger partial charge is 0.469 e. The number of carbonyl (C=O) groups is 1. The Labute approximate surface area is 150 Å². The molecule has 1 aliphatic rings. The molecule has 3 atom stereocenters. The van der Waals surface area contributed by atoms with E-state index >= 15 is 0 Å². The number of hydrogen-bond donors (Lipinski definition) is 1. The van der Waals surface area contributed by atoms with E-state index in [4.69, 9.17) is 4.74 Å². The molecule has 0 saturated heterocycles. The molecule has 1 aromatic rings. The number of unbranched alkanes of at least 4 members (excludes halogenated alkanes) is 1. The summed E-state index contributed by atoms with van der Waals surface area (Å²) in [5.41, 5.74) is 1.18. The van der Waals surface area contributed by atoms with Crippen molar-refractivity contribution in [1.82, 2.24) is 0 Å². The summed E-state index contributed by atoms with van der Waals surface area (Å²) in [6.45, 7) is 1.33. The van der Waals surface area contributed by atoms with Gasteiger partial charge in [-0.15, -0.1) is 0 Å². The van der Waals surface area contributed by atoms with E-state index in [2.05, 4.69) is 29.0 Å². The average molecular weight is 346 g/mol. The summed E-state index contributed by atoms with van der Waals surface area (Å²) >= 11 is 0. The van der Waals surface area contributed by atoms with Gasteiger partial charge in [-0.1, -0.05) is 42.5 Å². The topological polar surface area (TPSA) is 55.8 Å². The van der Waals surface area contributed by atoms with Crippen LogP contribution in [0.2, 0.25) is 0 Å². The van der Waals surface area contributed by atoms with Gasteiger partial charge in [0.15, 0.2) is 0 Å². The van der Waals surface area contributed by atoms with Gasteiger partial charge in [-0.2, -0.15) is 0 Å². The van der Waals surface area contributed by atoms with Crippen LogP contribution in [-0.2, 0) is 20.9 Å². The van der Waals surface area contributed by atoms with Gasteiger partial charge in [0.25, 0.3) is 0 Å². The summed E-state index contributed by atoms with van der Waals surface area (Å²) in [7, 11) is 1.42. The number of ether oxygens (including phenoxy) is 2. The van der Waals surface area contributed by atoms with Crippen molar-refractivity contribution in [3.63, 3.8) is 0 Å². The van der Waals surface area contributed by atoms with Gasteiger partial charge in [0.05, 0.1) is 26.4 Å². The number of methoxy groups -OCH3 is 1. The van der Waals surface area contributed by atoms with Gasteiger partial charge in [-0.3, -0.25) is 4.79 Å². The first kappa shape index (κ1) is 19.7. The Bertz CT molecular complexity index is 526. The number of rotatable bonds is 10. The number of aliphatic hydroxyl groups is 1. The van der Waals surface area contributed by atoms with Crippen LogP contribution >= 0.6 is 0 Å². The standard InChI is InChI=1S/C21H30O4/c1-24-21(23)12-8-3-2-7-11-19-18(13-14-20(19)22)16-25-15-17-9-5-4-6-10-17/h2,4-7,9-10,18-20,22H,3,8,11-16H2,1H3. The summed E-state index contributed by atoms with van der Waals surface area (Å²) in [6.07, 6.45) is 8.91. The smallest absolute Gasteiger partial charge is 0.305 e. The van der Waals surface area contributed by atoms with Gasteiger partial charge < -0.3 is 14.6 Å². The van der Waals surface area contributed by atoms with E-state index in [1.54, 1.807) is 0 Å². The lowest BCUT2D eigenvalue weighted by Crippen LogP contribution is -2.22. The Balaban J connectivity index is 1.67. The third-order valence-electron chi connectivity index (χ3n) is 4.93. The number of allylic oxidation sites excluding steroid dienone is 2. The zero-order chi connectivity index (χ0) is 17.9. The Morgan fingerprint density at radius 3 is 2.80 bits per heavy atom. The Morgan fingerprint density at radius 1 is 1.24 bits per heavy atom. The third kappa shape index (κ3) is 7.00. The quantitative estimate of drug-likeness (QED) is 0.397. The number of hydrogen-bond acceptors (Lipinski definition) is 4. The molecule has 0 aromatic heterocycles. The van der Waals surface area contributed by atoms with Gasteiger partial charge in [0.2, 0.25) is 0 Å². The van der Waals surface area contributed by atoms with Crippen LogP contribution in [-0.4, -0.2) is 30.9 Å². The van der Waals surface area contributed by atoms with E-state index in [9.17, 15) is 9.90 Å². The minimum atomic E-state index is -0.231. The van der Waals surface area contributed by atoms with E-state index in [0.717, 1.165) is 32.1 Å². The van der Waals surface area contributed by atoms with Crippen LogP contribution < -0.4 is 0 Å². The minimum Gasteiger partial charge on any atom is -0.469 e. The molecule has 0 bridgehead atoms. The molecular formula is C21H30O4. The molecule has 0 heterocycles. The van der Waals surface area contributed by atoms with Crippen molar-refractivity contribution in [3.05, 3.63) is 48.0 Å². The van der Waals surface area contributed by atoms with Crippen LogP contribution in [0, 0.1) is 11.8 Å². The normalized spacial score (nSPS) is 23.2. The van der Waals surface area contributed by atoms with E-state index in [1.807, 2.05) is 18.2 Å².